The van der Waals surface area contributed by atoms with Crippen molar-refractivity contribution < 1.29 is 4.74 Å². The summed E-state index contributed by atoms with van der Waals surface area (Å²) >= 11 is 0. The topological polar surface area (TPSA) is 22.1 Å². The number of benzene rings is 1. The van der Waals surface area contributed by atoms with Crippen LogP contribution in [-0.2, 0) is 5.41 Å². The maximum absolute atomic E-state index is 5.68. The molecule has 0 aliphatic carbocycles. The lowest BCUT2D eigenvalue weighted by molar-refractivity contribution is 0.477. The molecule has 0 N–H and O–H groups in total. The molecule has 1 heterocycles. The highest BCUT2D eigenvalue weighted by Gasteiger charge is 2.14. The first-order valence-corrected chi connectivity index (χ1v) is 5.75. The molecule has 2 aromatic rings. The quantitative estimate of drug-likeness (QED) is 0.768. The second-order valence-corrected chi connectivity index (χ2v) is 5.04. The molecular weight excluding hydrogens is 210 g/mol. The Hall–Kier alpha value is -1.83. The van der Waals surface area contributed by atoms with Crippen LogP contribution in [0, 0.1) is 0 Å². The van der Waals surface area contributed by atoms with E-state index in [0.717, 1.165) is 17.2 Å². The standard InChI is InChI=1S/C15H17NO/c1-15(2,3)14-10-9-13(11-16-14)17-12-7-5-4-6-8-12/h4-11H,1-3H3. The van der Waals surface area contributed by atoms with E-state index in [1.165, 1.54) is 0 Å². The van der Waals surface area contributed by atoms with Gasteiger partial charge in [-0.15, -0.1) is 0 Å². The SMILES string of the molecule is CC(C)(C)c1ccc(Oc2ccccc2)cn1. The largest absolute Gasteiger partial charge is 0.456 e. The van der Waals surface area contributed by atoms with E-state index < -0.39 is 0 Å². The van der Waals surface area contributed by atoms with Crippen LogP contribution >= 0.6 is 0 Å². The Bertz CT molecular complexity index is 469. The third kappa shape index (κ3) is 3.06. The Morgan fingerprint density at radius 3 is 2.12 bits per heavy atom. The molecule has 0 saturated heterocycles. The summed E-state index contributed by atoms with van der Waals surface area (Å²) in [6.07, 6.45) is 1.77. The number of pyridine rings is 1. The second-order valence-electron chi connectivity index (χ2n) is 5.04. The predicted molar refractivity (Wildman–Crippen MR) is 69.5 cm³/mol. The normalized spacial score (nSPS) is 11.2. The number of hydrogen-bond acceptors (Lipinski definition) is 2. The third-order valence-electron chi connectivity index (χ3n) is 2.48. The Labute approximate surface area is 102 Å². The molecule has 0 radical (unpaired) electrons. The van der Waals surface area contributed by atoms with Gasteiger partial charge in [0.1, 0.15) is 11.5 Å². The van der Waals surface area contributed by atoms with E-state index in [1.54, 1.807) is 6.20 Å². The van der Waals surface area contributed by atoms with E-state index in [-0.39, 0.29) is 5.41 Å². The van der Waals surface area contributed by atoms with Gasteiger partial charge in [-0.05, 0) is 24.3 Å². The molecule has 0 saturated carbocycles. The summed E-state index contributed by atoms with van der Waals surface area (Å²) in [4.78, 5) is 4.42. The van der Waals surface area contributed by atoms with Crippen LogP contribution in [0.5, 0.6) is 11.5 Å². The first kappa shape index (κ1) is 11.6. The maximum atomic E-state index is 5.68. The van der Waals surface area contributed by atoms with Gasteiger partial charge in [-0.2, -0.15) is 0 Å². The van der Waals surface area contributed by atoms with Crippen molar-refractivity contribution in [2.24, 2.45) is 0 Å². The fraction of sp³-hybridized carbons (Fsp3) is 0.267. The van der Waals surface area contributed by atoms with Crippen LogP contribution < -0.4 is 4.74 Å². The van der Waals surface area contributed by atoms with Crippen molar-refractivity contribution in [3.8, 4) is 11.5 Å². The van der Waals surface area contributed by atoms with Crippen molar-refractivity contribution in [1.29, 1.82) is 0 Å². The van der Waals surface area contributed by atoms with Gasteiger partial charge in [0.15, 0.2) is 0 Å². The van der Waals surface area contributed by atoms with Crippen molar-refractivity contribution in [3.63, 3.8) is 0 Å². The molecular formula is C15H17NO. The minimum atomic E-state index is 0.0747. The van der Waals surface area contributed by atoms with Gasteiger partial charge in [0.05, 0.1) is 6.20 Å². The lowest BCUT2D eigenvalue weighted by atomic mass is 9.92. The zero-order valence-electron chi connectivity index (χ0n) is 10.5. The Morgan fingerprint density at radius 1 is 0.882 bits per heavy atom. The highest BCUT2D eigenvalue weighted by molar-refractivity contribution is 5.30. The zero-order valence-corrected chi connectivity index (χ0v) is 10.5. The molecule has 0 atom stereocenters. The molecule has 1 aromatic carbocycles. The first-order valence-electron chi connectivity index (χ1n) is 5.75. The minimum Gasteiger partial charge on any atom is -0.456 e. The highest BCUT2D eigenvalue weighted by atomic mass is 16.5. The fourth-order valence-electron chi connectivity index (χ4n) is 1.51. The lowest BCUT2D eigenvalue weighted by Gasteiger charge is -2.17. The number of para-hydroxylation sites is 1. The number of ether oxygens (including phenoxy) is 1. The summed E-state index contributed by atoms with van der Waals surface area (Å²) in [5.74, 6) is 1.60. The van der Waals surface area contributed by atoms with Crippen LogP contribution in [0.1, 0.15) is 26.5 Å². The Morgan fingerprint density at radius 2 is 1.59 bits per heavy atom. The summed E-state index contributed by atoms with van der Waals surface area (Å²) < 4.78 is 5.68. The lowest BCUT2D eigenvalue weighted by Crippen LogP contribution is -2.12. The number of aromatic nitrogens is 1. The number of rotatable bonds is 2. The molecule has 0 fully saturated rings. The van der Waals surface area contributed by atoms with E-state index in [9.17, 15) is 0 Å². The van der Waals surface area contributed by atoms with E-state index in [1.807, 2.05) is 42.5 Å². The predicted octanol–water partition coefficient (Wildman–Crippen LogP) is 4.17. The smallest absolute Gasteiger partial charge is 0.145 e. The summed E-state index contributed by atoms with van der Waals surface area (Å²) in [6, 6.07) is 13.7. The molecule has 1 aromatic heterocycles. The third-order valence-corrected chi connectivity index (χ3v) is 2.48. The molecule has 2 rings (SSSR count). The van der Waals surface area contributed by atoms with Crippen LogP contribution in [0.25, 0.3) is 0 Å². The van der Waals surface area contributed by atoms with Gasteiger partial charge in [-0.25, -0.2) is 0 Å². The molecule has 0 amide bonds. The first-order chi connectivity index (χ1) is 8.05. The molecule has 2 heteroatoms. The highest BCUT2D eigenvalue weighted by Crippen LogP contribution is 2.24. The van der Waals surface area contributed by atoms with Crippen LogP contribution in [-0.4, -0.2) is 4.98 Å². The van der Waals surface area contributed by atoms with Gasteiger partial charge >= 0.3 is 0 Å². The zero-order chi connectivity index (χ0) is 12.3. The molecule has 0 aliphatic rings. The summed E-state index contributed by atoms with van der Waals surface area (Å²) in [6.45, 7) is 6.44. The van der Waals surface area contributed by atoms with E-state index in [2.05, 4.69) is 25.8 Å². The molecule has 2 nitrogen and oxygen atoms in total. The Kier molecular flexibility index (Phi) is 3.14. The number of hydrogen-bond donors (Lipinski definition) is 0. The molecule has 0 spiro atoms. The van der Waals surface area contributed by atoms with Crippen molar-refractivity contribution in [1.82, 2.24) is 4.98 Å². The van der Waals surface area contributed by atoms with E-state index in [4.69, 9.17) is 4.74 Å². The molecule has 0 aliphatic heterocycles. The van der Waals surface area contributed by atoms with Crippen molar-refractivity contribution in [2.45, 2.75) is 26.2 Å². The number of nitrogens with zero attached hydrogens (tertiary/aromatic N) is 1. The van der Waals surface area contributed by atoms with Crippen LogP contribution in [0.15, 0.2) is 48.7 Å². The molecule has 0 bridgehead atoms. The van der Waals surface area contributed by atoms with Gasteiger partial charge in [-0.1, -0.05) is 39.0 Å². The average molecular weight is 227 g/mol. The minimum absolute atomic E-state index is 0.0747. The van der Waals surface area contributed by atoms with Crippen LogP contribution in [0.2, 0.25) is 0 Å². The van der Waals surface area contributed by atoms with Crippen molar-refractivity contribution in [3.05, 3.63) is 54.4 Å². The van der Waals surface area contributed by atoms with Gasteiger partial charge in [0.2, 0.25) is 0 Å². The second kappa shape index (κ2) is 4.58. The van der Waals surface area contributed by atoms with Crippen LogP contribution in [0.3, 0.4) is 0 Å². The fourth-order valence-corrected chi connectivity index (χ4v) is 1.51. The Balaban J connectivity index is 2.14. The molecule has 0 unspecified atom stereocenters. The van der Waals surface area contributed by atoms with Crippen molar-refractivity contribution >= 4 is 0 Å². The average Bonchev–Trinajstić information content (AvgIpc) is 2.30. The summed E-state index contributed by atoms with van der Waals surface area (Å²) in [5.41, 5.74) is 1.14. The van der Waals surface area contributed by atoms with Gasteiger partial charge < -0.3 is 4.74 Å². The van der Waals surface area contributed by atoms with Crippen molar-refractivity contribution in [2.75, 3.05) is 0 Å². The van der Waals surface area contributed by atoms with Gasteiger partial charge in [-0.3, -0.25) is 4.98 Å². The van der Waals surface area contributed by atoms with Gasteiger partial charge in [0, 0.05) is 11.1 Å². The van der Waals surface area contributed by atoms with E-state index in [0.29, 0.717) is 0 Å². The van der Waals surface area contributed by atoms with E-state index >= 15 is 0 Å². The van der Waals surface area contributed by atoms with Gasteiger partial charge in [0.25, 0.3) is 0 Å². The monoisotopic (exact) mass is 227 g/mol. The molecule has 88 valence electrons. The summed E-state index contributed by atoms with van der Waals surface area (Å²) in [5, 5.41) is 0. The molecule has 17 heavy (non-hydrogen) atoms. The van der Waals surface area contributed by atoms with Crippen LogP contribution in [0.4, 0.5) is 0 Å². The maximum Gasteiger partial charge on any atom is 0.145 e. The summed E-state index contributed by atoms with van der Waals surface area (Å²) in [7, 11) is 0.